The van der Waals surface area contributed by atoms with E-state index in [0.29, 0.717) is 11.3 Å². The lowest BCUT2D eigenvalue weighted by atomic mass is 10.2. The van der Waals surface area contributed by atoms with Crippen LogP contribution in [-0.4, -0.2) is 28.5 Å². The Balaban J connectivity index is 2.59. The number of benzene rings is 1. The number of nitrogens with zero attached hydrogens (tertiary/aromatic N) is 1. The number of nitriles is 1. The van der Waals surface area contributed by atoms with Gasteiger partial charge in [0.15, 0.2) is 0 Å². The van der Waals surface area contributed by atoms with Crippen molar-refractivity contribution in [3.63, 3.8) is 0 Å². The van der Waals surface area contributed by atoms with Crippen molar-refractivity contribution in [1.29, 1.82) is 5.26 Å². The lowest BCUT2D eigenvalue weighted by Crippen LogP contribution is -2.14. The zero-order valence-corrected chi connectivity index (χ0v) is 10.8. The number of thioether (sulfide) groups is 1. The highest BCUT2D eigenvalue weighted by Gasteiger charge is 2.02. The average Bonchev–Trinajstić information content (AvgIpc) is 2.37. The zero-order chi connectivity index (χ0) is 14.1. The molecule has 0 saturated carbocycles. The Labute approximate surface area is 114 Å². The summed E-state index contributed by atoms with van der Waals surface area (Å²) in [5, 5.41) is 19.6. The largest absolute Gasteiger partial charge is 0.478 e. The Kier molecular flexibility index (Phi) is 6.19. The van der Waals surface area contributed by atoms with Gasteiger partial charge in [-0.2, -0.15) is 5.26 Å². The van der Waals surface area contributed by atoms with E-state index in [-0.39, 0.29) is 17.4 Å². The van der Waals surface area contributed by atoms with Crippen molar-refractivity contribution in [1.82, 2.24) is 0 Å². The molecule has 5 nitrogen and oxygen atoms in total. The lowest BCUT2D eigenvalue weighted by molar-refractivity contribution is -0.131. The third-order valence-corrected chi connectivity index (χ3v) is 2.79. The van der Waals surface area contributed by atoms with Crippen molar-refractivity contribution in [2.24, 2.45) is 0 Å². The molecule has 0 aliphatic rings. The Morgan fingerprint density at radius 2 is 2.26 bits per heavy atom. The Bertz CT molecular complexity index is 535. The van der Waals surface area contributed by atoms with Gasteiger partial charge in [0.05, 0.1) is 17.6 Å². The van der Waals surface area contributed by atoms with Crippen LogP contribution < -0.4 is 5.32 Å². The van der Waals surface area contributed by atoms with Crippen LogP contribution in [-0.2, 0) is 9.59 Å². The highest BCUT2D eigenvalue weighted by Crippen LogP contribution is 2.12. The van der Waals surface area contributed by atoms with Gasteiger partial charge in [-0.05, 0) is 23.8 Å². The number of amides is 1. The first kappa shape index (κ1) is 14.8. The molecule has 0 spiro atoms. The fourth-order valence-corrected chi connectivity index (χ4v) is 1.72. The molecule has 0 saturated heterocycles. The molecule has 0 aliphatic carbocycles. The summed E-state index contributed by atoms with van der Waals surface area (Å²) in [4.78, 5) is 21.9. The van der Waals surface area contributed by atoms with Crippen molar-refractivity contribution in [2.45, 2.75) is 0 Å². The summed E-state index contributed by atoms with van der Waals surface area (Å²) in [7, 11) is 0. The minimum atomic E-state index is -1.03. The van der Waals surface area contributed by atoms with Gasteiger partial charge >= 0.3 is 5.97 Å². The standard InChI is InChI=1S/C13H12N2O3S/c14-6-7-19-9-12(16)15-11-3-1-2-10(8-11)4-5-13(17)18/h1-5,8H,7,9H2,(H,15,16)(H,17,18)/b5-4+. The number of nitrogens with one attached hydrogen (secondary N) is 1. The van der Waals surface area contributed by atoms with E-state index in [0.717, 1.165) is 6.08 Å². The summed E-state index contributed by atoms with van der Waals surface area (Å²) in [6.45, 7) is 0. The third kappa shape index (κ3) is 6.29. The van der Waals surface area contributed by atoms with Crippen LogP contribution in [0.4, 0.5) is 5.69 Å². The van der Waals surface area contributed by atoms with Crippen LogP contribution in [0.5, 0.6) is 0 Å². The summed E-state index contributed by atoms with van der Waals surface area (Å²) in [5.74, 6) is -0.737. The van der Waals surface area contributed by atoms with Gasteiger partial charge in [0.1, 0.15) is 0 Å². The van der Waals surface area contributed by atoms with Gasteiger partial charge in [0.25, 0.3) is 0 Å². The highest BCUT2D eigenvalue weighted by molar-refractivity contribution is 8.00. The number of hydrogen-bond acceptors (Lipinski definition) is 4. The maximum atomic E-state index is 11.5. The van der Waals surface area contributed by atoms with Gasteiger partial charge in [-0.15, -0.1) is 11.8 Å². The van der Waals surface area contributed by atoms with Gasteiger partial charge < -0.3 is 10.4 Å². The molecule has 2 N–H and O–H groups in total. The van der Waals surface area contributed by atoms with Gasteiger partial charge in [-0.3, -0.25) is 4.79 Å². The van der Waals surface area contributed by atoms with Crippen LogP contribution in [0.2, 0.25) is 0 Å². The van der Waals surface area contributed by atoms with Crippen molar-refractivity contribution in [2.75, 3.05) is 16.8 Å². The first-order valence-corrected chi connectivity index (χ1v) is 6.53. The van der Waals surface area contributed by atoms with E-state index in [9.17, 15) is 9.59 Å². The monoisotopic (exact) mass is 276 g/mol. The molecule has 0 atom stereocenters. The molecule has 0 heterocycles. The first-order valence-electron chi connectivity index (χ1n) is 5.37. The van der Waals surface area contributed by atoms with E-state index in [2.05, 4.69) is 5.32 Å². The third-order valence-electron chi connectivity index (χ3n) is 1.99. The lowest BCUT2D eigenvalue weighted by Gasteiger charge is -2.05. The molecule has 19 heavy (non-hydrogen) atoms. The van der Waals surface area contributed by atoms with Gasteiger partial charge in [0, 0.05) is 11.8 Å². The number of aliphatic carboxylic acids is 1. The van der Waals surface area contributed by atoms with Crippen LogP contribution in [0.1, 0.15) is 5.56 Å². The van der Waals surface area contributed by atoms with Gasteiger partial charge in [0.2, 0.25) is 5.91 Å². The molecule has 0 aliphatic heterocycles. The summed E-state index contributed by atoms with van der Waals surface area (Å²) < 4.78 is 0. The summed E-state index contributed by atoms with van der Waals surface area (Å²) >= 11 is 1.23. The minimum absolute atomic E-state index is 0.195. The molecule has 0 radical (unpaired) electrons. The summed E-state index contributed by atoms with van der Waals surface area (Å²) in [6, 6.07) is 8.79. The summed E-state index contributed by atoms with van der Waals surface area (Å²) in [6.07, 6.45) is 2.48. The second kappa shape index (κ2) is 7.95. The highest BCUT2D eigenvalue weighted by atomic mass is 32.2. The normalized spacial score (nSPS) is 10.1. The van der Waals surface area contributed by atoms with E-state index < -0.39 is 5.97 Å². The van der Waals surface area contributed by atoms with Crippen molar-refractivity contribution in [3.05, 3.63) is 35.9 Å². The van der Waals surface area contributed by atoms with Crippen LogP contribution in [0.3, 0.4) is 0 Å². The van der Waals surface area contributed by atoms with Crippen LogP contribution >= 0.6 is 11.8 Å². The number of rotatable bonds is 6. The average molecular weight is 276 g/mol. The fraction of sp³-hybridized carbons (Fsp3) is 0.154. The second-order valence-electron chi connectivity index (χ2n) is 3.50. The van der Waals surface area contributed by atoms with Crippen LogP contribution in [0.25, 0.3) is 6.08 Å². The van der Waals surface area contributed by atoms with Crippen LogP contribution in [0.15, 0.2) is 30.3 Å². The number of carboxylic acid groups (broad SMARTS) is 1. The predicted octanol–water partition coefficient (Wildman–Crippen LogP) is 1.98. The second-order valence-corrected chi connectivity index (χ2v) is 4.48. The maximum Gasteiger partial charge on any atom is 0.328 e. The van der Waals surface area contributed by atoms with Gasteiger partial charge in [-0.25, -0.2) is 4.79 Å². The number of carbonyl (C=O) groups excluding carboxylic acids is 1. The van der Waals surface area contributed by atoms with Crippen molar-refractivity contribution in [3.8, 4) is 6.07 Å². The topological polar surface area (TPSA) is 90.2 Å². The number of carbonyl (C=O) groups is 2. The van der Waals surface area contributed by atoms with Crippen molar-refractivity contribution < 1.29 is 14.7 Å². The fourth-order valence-electron chi connectivity index (χ4n) is 1.27. The summed E-state index contributed by atoms with van der Waals surface area (Å²) in [5.41, 5.74) is 1.28. The zero-order valence-electron chi connectivity index (χ0n) is 10.00. The van der Waals surface area contributed by atoms with E-state index >= 15 is 0 Å². The molecule has 1 aromatic rings. The van der Waals surface area contributed by atoms with E-state index in [1.54, 1.807) is 24.3 Å². The Morgan fingerprint density at radius 1 is 1.47 bits per heavy atom. The molecule has 0 aromatic heterocycles. The smallest absolute Gasteiger partial charge is 0.328 e. The van der Waals surface area contributed by atoms with Crippen molar-refractivity contribution >= 4 is 35.4 Å². The molecule has 98 valence electrons. The molecule has 0 unspecified atom stereocenters. The van der Waals surface area contributed by atoms with Crippen LogP contribution in [0, 0.1) is 11.3 Å². The molecular formula is C13H12N2O3S. The molecule has 1 rings (SSSR count). The predicted molar refractivity (Wildman–Crippen MR) is 74.7 cm³/mol. The number of hydrogen-bond donors (Lipinski definition) is 2. The first-order chi connectivity index (χ1) is 9.11. The molecule has 0 bridgehead atoms. The minimum Gasteiger partial charge on any atom is -0.478 e. The molecule has 6 heteroatoms. The quantitative estimate of drug-likeness (QED) is 0.612. The Morgan fingerprint density at radius 3 is 2.95 bits per heavy atom. The van der Waals surface area contributed by atoms with E-state index in [4.69, 9.17) is 10.4 Å². The number of carboxylic acids is 1. The molecule has 0 fully saturated rings. The van der Waals surface area contributed by atoms with E-state index in [1.165, 1.54) is 17.8 Å². The SMILES string of the molecule is N#CCSCC(=O)Nc1cccc(/C=C/C(=O)O)c1. The van der Waals surface area contributed by atoms with Gasteiger partial charge in [-0.1, -0.05) is 12.1 Å². The van der Waals surface area contributed by atoms with E-state index in [1.807, 2.05) is 6.07 Å². The molecule has 1 amide bonds. The Hall–Kier alpha value is -2.26. The number of anilines is 1. The maximum absolute atomic E-state index is 11.5. The molecular weight excluding hydrogens is 264 g/mol. The molecule has 1 aromatic carbocycles.